The number of carboxylic acid groups (broad SMARTS) is 2. The van der Waals surface area contributed by atoms with Crippen molar-refractivity contribution in [2.24, 2.45) is 17.8 Å². The highest BCUT2D eigenvalue weighted by molar-refractivity contribution is 5.92. The van der Waals surface area contributed by atoms with Gasteiger partial charge in [-0.25, -0.2) is 0 Å². The van der Waals surface area contributed by atoms with Gasteiger partial charge in [0.25, 0.3) is 0 Å². The van der Waals surface area contributed by atoms with Crippen LogP contribution in [0.1, 0.15) is 59.3 Å². The van der Waals surface area contributed by atoms with Gasteiger partial charge in [-0.15, -0.1) is 0 Å². The molecule has 0 saturated carbocycles. The predicted octanol–water partition coefficient (Wildman–Crippen LogP) is 3.40. The fourth-order valence-electron chi connectivity index (χ4n) is 2.02. The second kappa shape index (κ2) is 8.95. The molecule has 2 atom stereocenters. The molecule has 0 aliphatic carbocycles. The SMILES string of the molecule is CCC(C)CCCCC(C)CC(C(=O)O)C(=O)O. The van der Waals surface area contributed by atoms with Crippen LogP contribution in [-0.2, 0) is 9.59 Å². The number of carboxylic acids is 2. The quantitative estimate of drug-likeness (QED) is 0.465. The number of rotatable bonds is 10. The lowest BCUT2D eigenvalue weighted by Gasteiger charge is -2.15. The average Bonchev–Trinajstić information content (AvgIpc) is 2.30. The highest BCUT2D eigenvalue weighted by Crippen LogP contribution is 2.20. The Kier molecular flexibility index (Phi) is 8.42. The highest BCUT2D eigenvalue weighted by atomic mass is 16.4. The Morgan fingerprint density at radius 1 is 0.944 bits per heavy atom. The van der Waals surface area contributed by atoms with Crippen LogP contribution in [0.2, 0.25) is 0 Å². The maximum Gasteiger partial charge on any atom is 0.317 e. The Hall–Kier alpha value is -1.06. The molecule has 2 unspecified atom stereocenters. The highest BCUT2D eigenvalue weighted by Gasteiger charge is 2.27. The van der Waals surface area contributed by atoms with Crippen molar-refractivity contribution in [3.63, 3.8) is 0 Å². The van der Waals surface area contributed by atoms with Gasteiger partial charge in [-0.1, -0.05) is 52.9 Å². The van der Waals surface area contributed by atoms with Gasteiger partial charge in [0, 0.05) is 0 Å². The first-order chi connectivity index (χ1) is 8.38. The fourth-order valence-corrected chi connectivity index (χ4v) is 2.02. The maximum absolute atomic E-state index is 10.8. The van der Waals surface area contributed by atoms with E-state index in [0.717, 1.165) is 25.2 Å². The molecule has 0 aromatic rings. The lowest BCUT2D eigenvalue weighted by molar-refractivity contribution is -0.155. The van der Waals surface area contributed by atoms with Crippen molar-refractivity contribution in [3.05, 3.63) is 0 Å². The van der Waals surface area contributed by atoms with Gasteiger partial charge in [-0.3, -0.25) is 9.59 Å². The van der Waals surface area contributed by atoms with E-state index >= 15 is 0 Å². The van der Waals surface area contributed by atoms with E-state index in [2.05, 4.69) is 13.8 Å². The molecule has 0 aliphatic rings. The van der Waals surface area contributed by atoms with E-state index in [-0.39, 0.29) is 12.3 Å². The number of aliphatic carboxylic acids is 2. The summed E-state index contributed by atoms with van der Waals surface area (Å²) < 4.78 is 0. The molecule has 4 heteroatoms. The Morgan fingerprint density at radius 3 is 1.78 bits per heavy atom. The van der Waals surface area contributed by atoms with Gasteiger partial charge in [0.15, 0.2) is 5.92 Å². The monoisotopic (exact) mass is 258 g/mol. The van der Waals surface area contributed by atoms with Crippen LogP contribution in [-0.4, -0.2) is 22.2 Å². The van der Waals surface area contributed by atoms with Crippen molar-refractivity contribution in [3.8, 4) is 0 Å². The summed E-state index contributed by atoms with van der Waals surface area (Å²) in [5, 5.41) is 17.6. The first-order valence-electron chi connectivity index (χ1n) is 6.84. The normalized spacial score (nSPS) is 14.4. The second-order valence-corrected chi connectivity index (χ2v) is 5.37. The Labute approximate surface area is 109 Å². The summed E-state index contributed by atoms with van der Waals surface area (Å²) in [4.78, 5) is 21.5. The molecule has 0 aromatic heterocycles. The molecular formula is C14H26O4. The number of hydrogen-bond acceptors (Lipinski definition) is 2. The summed E-state index contributed by atoms with van der Waals surface area (Å²) in [6.07, 6.45) is 5.73. The molecule has 0 fully saturated rings. The van der Waals surface area contributed by atoms with E-state index in [4.69, 9.17) is 10.2 Å². The van der Waals surface area contributed by atoms with Crippen molar-refractivity contribution in [1.29, 1.82) is 0 Å². The summed E-state index contributed by atoms with van der Waals surface area (Å²) in [5.74, 6) is -2.82. The van der Waals surface area contributed by atoms with Crippen LogP contribution in [0.3, 0.4) is 0 Å². The smallest absolute Gasteiger partial charge is 0.317 e. The molecule has 0 aliphatic heterocycles. The van der Waals surface area contributed by atoms with Crippen molar-refractivity contribution in [1.82, 2.24) is 0 Å². The topological polar surface area (TPSA) is 74.6 Å². The molecule has 0 amide bonds. The zero-order valence-electron chi connectivity index (χ0n) is 11.7. The van der Waals surface area contributed by atoms with Crippen molar-refractivity contribution in [2.75, 3.05) is 0 Å². The summed E-state index contributed by atoms with van der Waals surface area (Å²) in [5.41, 5.74) is 0. The number of carbonyl (C=O) groups is 2. The number of unbranched alkanes of at least 4 members (excludes halogenated alkanes) is 1. The van der Waals surface area contributed by atoms with Crippen LogP contribution >= 0.6 is 0 Å². The van der Waals surface area contributed by atoms with Gasteiger partial charge in [0.05, 0.1) is 0 Å². The van der Waals surface area contributed by atoms with Crippen molar-refractivity contribution < 1.29 is 19.8 Å². The Balaban J connectivity index is 3.85. The van der Waals surface area contributed by atoms with E-state index in [1.807, 2.05) is 6.92 Å². The Bertz CT molecular complexity index is 249. The largest absolute Gasteiger partial charge is 0.481 e. The minimum Gasteiger partial charge on any atom is -0.481 e. The van der Waals surface area contributed by atoms with Gasteiger partial charge in [-0.05, 0) is 18.3 Å². The van der Waals surface area contributed by atoms with E-state index in [1.54, 1.807) is 0 Å². The molecule has 0 spiro atoms. The zero-order valence-corrected chi connectivity index (χ0v) is 11.7. The summed E-state index contributed by atoms with van der Waals surface area (Å²) in [7, 11) is 0. The number of hydrogen-bond donors (Lipinski definition) is 2. The van der Waals surface area contributed by atoms with E-state index in [1.165, 1.54) is 12.8 Å². The third-order valence-electron chi connectivity index (χ3n) is 3.58. The average molecular weight is 258 g/mol. The fraction of sp³-hybridized carbons (Fsp3) is 0.857. The van der Waals surface area contributed by atoms with E-state index in [0.29, 0.717) is 0 Å². The van der Waals surface area contributed by atoms with Crippen LogP contribution in [0.4, 0.5) is 0 Å². The third kappa shape index (κ3) is 7.30. The van der Waals surface area contributed by atoms with Gasteiger partial charge < -0.3 is 10.2 Å². The van der Waals surface area contributed by atoms with E-state index in [9.17, 15) is 9.59 Å². The maximum atomic E-state index is 10.8. The molecule has 0 radical (unpaired) electrons. The first-order valence-corrected chi connectivity index (χ1v) is 6.84. The van der Waals surface area contributed by atoms with Crippen LogP contribution in [0.5, 0.6) is 0 Å². The molecule has 18 heavy (non-hydrogen) atoms. The van der Waals surface area contributed by atoms with E-state index < -0.39 is 17.9 Å². The molecule has 106 valence electrons. The van der Waals surface area contributed by atoms with Gasteiger partial charge >= 0.3 is 11.9 Å². The van der Waals surface area contributed by atoms with Gasteiger partial charge in [0.2, 0.25) is 0 Å². The molecular weight excluding hydrogens is 232 g/mol. The van der Waals surface area contributed by atoms with Crippen LogP contribution in [0, 0.1) is 17.8 Å². The van der Waals surface area contributed by atoms with Crippen molar-refractivity contribution in [2.45, 2.75) is 59.3 Å². The van der Waals surface area contributed by atoms with Crippen LogP contribution in [0.25, 0.3) is 0 Å². The molecule has 0 saturated heterocycles. The first kappa shape index (κ1) is 16.9. The summed E-state index contributed by atoms with van der Waals surface area (Å²) in [6.45, 7) is 6.34. The van der Waals surface area contributed by atoms with Crippen LogP contribution < -0.4 is 0 Å². The molecule has 0 aromatic carbocycles. The Morgan fingerprint density at radius 2 is 1.39 bits per heavy atom. The van der Waals surface area contributed by atoms with Crippen LogP contribution in [0.15, 0.2) is 0 Å². The molecule has 4 nitrogen and oxygen atoms in total. The standard InChI is InChI=1S/C14H26O4/c1-4-10(2)7-5-6-8-11(3)9-12(13(15)16)14(17)18/h10-12H,4-9H2,1-3H3,(H,15,16)(H,17,18). The molecule has 0 bridgehead atoms. The molecule has 2 N–H and O–H groups in total. The van der Waals surface area contributed by atoms with Gasteiger partial charge in [0.1, 0.15) is 0 Å². The second-order valence-electron chi connectivity index (χ2n) is 5.37. The summed E-state index contributed by atoms with van der Waals surface area (Å²) in [6, 6.07) is 0. The van der Waals surface area contributed by atoms with Gasteiger partial charge in [-0.2, -0.15) is 0 Å². The minimum atomic E-state index is -1.26. The molecule has 0 rings (SSSR count). The predicted molar refractivity (Wildman–Crippen MR) is 70.5 cm³/mol. The summed E-state index contributed by atoms with van der Waals surface area (Å²) >= 11 is 0. The lowest BCUT2D eigenvalue weighted by atomic mass is 9.91. The minimum absolute atomic E-state index is 0.152. The van der Waals surface area contributed by atoms with Crippen molar-refractivity contribution >= 4 is 11.9 Å². The third-order valence-corrected chi connectivity index (χ3v) is 3.58. The molecule has 0 heterocycles. The zero-order chi connectivity index (χ0) is 14.1. The lowest BCUT2D eigenvalue weighted by Crippen LogP contribution is -2.25.